The van der Waals surface area contributed by atoms with Gasteiger partial charge in [-0.15, -0.1) is 0 Å². The molecule has 0 radical (unpaired) electrons. The van der Waals surface area contributed by atoms with Crippen LogP contribution < -0.4 is 0 Å². The number of ether oxygens (including phenoxy) is 3. The summed E-state index contributed by atoms with van der Waals surface area (Å²) >= 11 is 0. The first-order valence-corrected chi connectivity index (χ1v) is 25.9. The molecule has 0 aromatic carbocycles. The molecule has 0 spiro atoms. The second-order valence-corrected chi connectivity index (χ2v) is 16.5. The van der Waals surface area contributed by atoms with E-state index in [1.54, 1.807) is 0 Å². The Labute approximate surface area is 404 Å². The van der Waals surface area contributed by atoms with Crippen LogP contribution in [0.15, 0.2) is 146 Å². The minimum absolute atomic E-state index is 0.132. The quantitative estimate of drug-likeness (QED) is 0.0199. The molecule has 0 saturated heterocycles. The molecule has 0 amide bonds. The molecular formula is C60H92O6. The molecule has 0 aromatic rings. The Morgan fingerprint density at radius 2 is 0.697 bits per heavy atom. The second-order valence-electron chi connectivity index (χ2n) is 16.5. The van der Waals surface area contributed by atoms with Crippen molar-refractivity contribution in [1.29, 1.82) is 0 Å². The third kappa shape index (κ3) is 50.3. The molecule has 1 unspecified atom stereocenters. The average molecular weight is 909 g/mol. The zero-order valence-corrected chi connectivity index (χ0v) is 41.9. The van der Waals surface area contributed by atoms with Gasteiger partial charge in [0.15, 0.2) is 6.10 Å². The molecule has 0 heterocycles. The van der Waals surface area contributed by atoms with Crippen molar-refractivity contribution in [1.82, 2.24) is 0 Å². The van der Waals surface area contributed by atoms with Crippen LogP contribution in [0.3, 0.4) is 0 Å². The first-order chi connectivity index (χ1) is 32.5. The maximum absolute atomic E-state index is 12.8. The van der Waals surface area contributed by atoms with Crippen molar-refractivity contribution in [3.05, 3.63) is 146 Å². The van der Waals surface area contributed by atoms with Crippen LogP contribution in [0.1, 0.15) is 194 Å². The lowest BCUT2D eigenvalue weighted by Crippen LogP contribution is -2.30. The van der Waals surface area contributed by atoms with Gasteiger partial charge in [0, 0.05) is 19.3 Å². The molecule has 368 valence electrons. The van der Waals surface area contributed by atoms with E-state index in [0.29, 0.717) is 12.8 Å². The maximum atomic E-state index is 12.8. The highest BCUT2D eigenvalue weighted by Gasteiger charge is 2.19. The van der Waals surface area contributed by atoms with Crippen LogP contribution >= 0.6 is 0 Å². The Kier molecular flexibility index (Phi) is 49.1. The number of esters is 3. The highest BCUT2D eigenvalue weighted by atomic mass is 16.6. The zero-order valence-electron chi connectivity index (χ0n) is 41.9. The van der Waals surface area contributed by atoms with Crippen molar-refractivity contribution in [2.75, 3.05) is 13.2 Å². The highest BCUT2D eigenvalue weighted by Crippen LogP contribution is 2.11. The van der Waals surface area contributed by atoms with Crippen LogP contribution in [0, 0.1) is 0 Å². The number of hydrogen-bond donors (Lipinski definition) is 0. The normalized spacial score (nSPS) is 13.3. The molecule has 0 rings (SSSR count). The Balaban J connectivity index is 4.60. The van der Waals surface area contributed by atoms with Gasteiger partial charge in [-0.3, -0.25) is 14.4 Å². The highest BCUT2D eigenvalue weighted by molar-refractivity contribution is 5.71. The lowest BCUT2D eigenvalue weighted by atomic mass is 10.1. The topological polar surface area (TPSA) is 78.9 Å². The van der Waals surface area contributed by atoms with E-state index >= 15 is 0 Å². The SMILES string of the molecule is CC/C=C\C/C=C\C/C=C\C/C=C\C/C=C\C/C=C\CCC(=O)OCC(COC(=O)CCCCC/C=C\C=C/CCCC)OC(=O)CCCCCCC\C=C/C=C\C=C/C=C\CCCCC. The number of carbonyl (C=O) groups is 3. The standard InChI is InChI=1S/C60H92O6/c1-4-7-10-13-16-19-22-24-26-28-30-32-33-35-38-41-44-47-50-53-59(62)65-56-57(55-64-58(61)52-49-46-43-40-37-21-18-15-12-9-6-3)66-60(63)54-51-48-45-42-39-36-34-31-29-27-25-23-20-17-14-11-8-5-2/h7,10,15-21,23-27,29-32,34-35,37-38,44,47,57H,4-6,8-9,11-14,22,28,33,36,39-43,45-46,48-56H2,1-3H3/b10-7-,18-15-,19-16-,20-17-,25-23-,26-24-,29-27-,32-30-,34-31-,37-21-,38-35-,47-44-. The molecular weight excluding hydrogens is 817 g/mol. The summed E-state index contributed by atoms with van der Waals surface area (Å²) in [6, 6.07) is 0. The van der Waals surface area contributed by atoms with Crippen molar-refractivity contribution in [2.24, 2.45) is 0 Å². The predicted molar refractivity (Wildman–Crippen MR) is 283 cm³/mol. The maximum Gasteiger partial charge on any atom is 0.306 e. The number of carbonyl (C=O) groups excluding carboxylic acids is 3. The van der Waals surface area contributed by atoms with Gasteiger partial charge in [-0.25, -0.2) is 0 Å². The summed E-state index contributed by atoms with van der Waals surface area (Å²) < 4.78 is 16.7. The molecule has 0 aliphatic carbocycles. The summed E-state index contributed by atoms with van der Waals surface area (Å²) in [6.07, 6.45) is 75.5. The smallest absolute Gasteiger partial charge is 0.306 e. The zero-order chi connectivity index (χ0) is 47.9. The largest absolute Gasteiger partial charge is 0.462 e. The predicted octanol–water partition coefficient (Wildman–Crippen LogP) is 17.3. The fraction of sp³-hybridized carbons (Fsp3) is 0.550. The van der Waals surface area contributed by atoms with Crippen LogP contribution in [0.5, 0.6) is 0 Å². The number of allylic oxidation sites excluding steroid dienone is 24. The molecule has 0 bridgehead atoms. The summed E-state index contributed by atoms with van der Waals surface area (Å²) in [6.45, 7) is 6.29. The van der Waals surface area contributed by atoms with E-state index < -0.39 is 6.10 Å². The molecule has 0 aromatic heterocycles. The molecule has 6 heteroatoms. The van der Waals surface area contributed by atoms with Gasteiger partial charge >= 0.3 is 17.9 Å². The van der Waals surface area contributed by atoms with E-state index in [2.05, 4.69) is 154 Å². The first-order valence-electron chi connectivity index (χ1n) is 25.9. The molecule has 0 saturated carbocycles. The van der Waals surface area contributed by atoms with E-state index in [-0.39, 0.29) is 44.0 Å². The van der Waals surface area contributed by atoms with Crippen molar-refractivity contribution in [2.45, 2.75) is 200 Å². The van der Waals surface area contributed by atoms with E-state index in [0.717, 1.165) is 116 Å². The molecule has 0 N–H and O–H groups in total. The summed E-state index contributed by atoms with van der Waals surface area (Å²) in [7, 11) is 0. The van der Waals surface area contributed by atoms with Crippen molar-refractivity contribution < 1.29 is 28.6 Å². The lowest BCUT2D eigenvalue weighted by Gasteiger charge is -2.18. The van der Waals surface area contributed by atoms with Crippen LogP contribution in [0.2, 0.25) is 0 Å². The van der Waals surface area contributed by atoms with Gasteiger partial charge < -0.3 is 14.2 Å². The molecule has 0 fully saturated rings. The van der Waals surface area contributed by atoms with E-state index in [4.69, 9.17) is 14.2 Å². The van der Waals surface area contributed by atoms with Crippen LogP contribution in [-0.2, 0) is 28.6 Å². The lowest BCUT2D eigenvalue weighted by molar-refractivity contribution is -0.166. The van der Waals surface area contributed by atoms with Crippen molar-refractivity contribution >= 4 is 17.9 Å². The van der Waals surface area contributed by atoms with Gasteiger partial charge in [-0.2, -0.15) is 0 Å². The van der Waals surface area contributed by atoms with Gasteiger partial charge in [0.25, 0.3) is 0 Å². The minimum atomic E-state index is -0.838. The summed E-state index contributed by atoms with van der Waals surface area (Å²) in [5.74, 6) is -1.08. The van der Waals surface area contributed by atoms with E-state index in [1.165, 1.54) is 32.1 Å². The van der Waals surface area contributed by atoms with Gasteiger partial charge in [-0.05, 0) is 103 Å². The van der Waals surface area contributed by atoms with E-state index in [1.807, 2.05) is 12.2 Å². The molecule has 1 atom stereocenters. The first kappa shape index (κ1) is 61.3. The molecule has 0 aliphatic rings. The third-order valence-corrected chi connectivity index (χ3v) is 10.2. The van der Waals surface area contributed by atoms with Crippen LogP contribution in [0.4, 0.5) is 0 Å². The average Bonchev–Trinajstić information content (AvgIpc) is 3.31. The Morgan fingerprint density at radius 1 is 0.333 bits per heavy atom. The second kappa shape index (κ2) is 52.9. The number of hydrogen-bond acceptors (Lipinski definition) is 6. The summed E-state index contributed by atoms with van der Waals surface area (Å²) in [4.78, 5) is 37.9. The molecule has 0 aliphatic heterocycles. The van der Waals surface area contributed by atoms with Gasteiger partial charge in [0.2, 0.25) is 0 Å². The fourth-order valence-electron chi connectivity index (χ4n) is 6.28. The molecule has 66 heavy (non-hydrogen) atoms. The van der Waals surface area contributed by atoms with E-state index in [9.17, 15) is 14.4 Å². The fourth-order valence-corrected chi connectivity index (χ4v) is 6.28. The van der Waals surface area contributed by atoms with Gasteiger partial charge in [0.05, 0.1) is 0 Å². The minimum Gasteiger partial charge on any atom is -0.462 e. The monoisotopic (exact) mass is 909 g/mol. The Morgan fingerprint density at radius 3 is 1.20 bits per heavy atom. The third-order valence-electron chi connectivity index (χ3n) is 10.2. The molecule has 6 nitrogen and oxygen atoms in total. The summed E-state index contributed by atoms with van der Waals surface area (Å²) in [5.41, 5.74) is 0. The summed E-state index contributed by atoms with van der Waals surface area (Å²) in [5, 5.41) is 0. The van der Waals surface area contributed by atoms with Crippen molar-refractivity contribution in [3.63, 3.8) is 0 Å². The number of rotatable bonds is 44. The Bertz CT molecular complexity index is 1510. The number of unbranched alkanes of at least 4 members (excludes halogenated alkanes) is 13. The van der Waals surface area contributed by atoms with Crippen LogP contribution in [-0.4, -0.2) is 37.2 Å². The van der Waals surface area contributed by atoms with Crippen molar-refractivity contribution in [3.8, 4) is 0 Å². The van der Waals surface area contributed by atoms with Gasteiger partial charge in [0.1, 0.15) is 13.2 Å². The van der Waals surface area contributed by atoms with Gasteiger partial charge in [-0.1, -0.05) is 218 Å². The Hall–Kier alpha value is -4.71. The van der Waals surface area contributed by atoms with Crippen LogP contribution in [0.25, 0.3) is 0 Å².